The van der Waals surface area contributed by atoms with Gasteiger partial charge in [0.25, 0.3) is 0 Å². The normalized spacial score (nSPS) is 8.10. The molecule has 0 aromatic carbocycles. The van der Waals surface area contributed by atoms with Crippen molar-refractivity contribution in [2.75, 3.05) is 0 Å². The van der Waals surface area contributed by atoms with Crippen molar-refractivity contribution in [2.45, 2.75) is 0 Å². The molecule has 0 unspecified atom stereocenters. The van der Waals surface area contributed by atoms with Crippen molar-refractivity contribution in [1.82, 2.24) is 10.7 Å². The molecular weight excluding hydrogens is 138 g/mol. The third-order valence-corrected chi connectivity index (χ3v) is 0.448. The summed E-state index contributed by atoms with van der Waals surface area (Å²) < 4.78 is 0. The van der Waals surface area contributed by atoms with E-state index >= 15 is 0 Å². The zero-order valence-corrected chi connectivity index (χ0v) is 5.11. The molecule has 58 valence electrons. The topological polar surface area (TPSA) is 149 Å². The summed E-state index contributed by atoms with van der Waals surface area (Å²) in [6.45, 7) is 0. The van der Waals surface area contributed by atoms with E-state index in [0.717, 1.165) is 0 Å². The highest BCUT2D eigenvalue weighted by Crippen LogP contribution is 1.67. The summed E-state index contributed by atoms with van der Waals surface area (Å²) in [6.07, 6.45) is 0. The van der Waals surface area contributed by atoms with Gasteiger partial charge in [-0.1, -0.05) is 0 Å². The van der Waals surface area contributed by atoms with Crippen molar-refractivity contribution in [3.8, 4) is 0 Å². The van der Waals surface area contributed by atoms with Crippen LogP contribution in [0.15, 0.2) is 5.10 Å². The molecule has 0 aliphatic heterocycles. The maximum absolute atomic E-state index is 10.0. The summed E-state index contributed by atoms with van der Waals surface area (Å²) in [7, 11) is 0. The van der Waals surface area contributed by atoms with Crippen molar-refractivity contribution in [3.05, 3.63) is 0 Å². The fourth-order valence-corrected chi connectivity index (χ4v) is 0.262. The molecule has 0 atom stereocenters. The maximum atomic E-state index is 10.0. The molecule has 0 aromatic rings. The molecule has 0 aliphatic rings. The van der Waals surface area contributed by atoms with E-state index in [2.05, 4.69) is 10.8 Å². The number of hydrogen-bond donors (Lipinski definition) is 5. The molecule has 0 saturated carbocycles. The predicted octanol–water partition coefficient (Wildman–Crippen LogP) is -3.07. The van der Waals surface area contributed by atoms with E-state index in [-0.39, 0.29) is 5.96 Å². The average Bonchev–Trinajstić information content (AvgIpc) is 1.58. The Kier molecular flexibility index (Phi) is 2.78. The first-order valence-electron chi connectivity index (χ1n) is 2.23. The molecule has 9 N–H and O–H groups in total. The first-order chi connectivity index (χ1) is 4.52. The highest BCUT2D eigenvalue weighted by molar-refractivity contribution is 5.75. The smallest absolute Gasteiger partial charge is 0.333 e. The molecule has 0 heterocycles. The number of rotatable bonds is 2. The number of nitrogens with zero attached hydrogens (tertiary/aromatic N) is 2. The molecule has 0 radical (unpaired) electrons. The van der Waals surface area contributed by atoms with Gasteiger partial charge >= 0.3 is 6.03 Å². The Bertz CT molecular complexity index is 148. The van der Waals surface area contributed by atoms with Gasteiger partial charge in [-0.05, 0) is 0 Å². The minimum atomic E-state index is -0.854. The number of hydrazine groups is 2. The molecular formula is C2H9N7O. The van der Waals surface area contributed by atoms with Crippen molar-refractivity contribution in [2.24, 2.45) is 28.1 Å². The number of primary amides is 1. The number of carbonyl (C=O) groups excluding carboxylic acids is 1. The van der Waals surface area contributed by atoms with Crippen LogP contribution in [0.4, 0.5) is 4.79 Å². The van der Waals surface area contributed by atoms with Crippen molar-refractivity contribution >= 4 is 12.0 Å². The second kappa shape index (κ2) is 3.35. The van der Waals surface area contributed by atoms with Crippen molar-refractivity contribution in [1.29, 1.82) is 0 Å². The van der Waals surface area contributed by atoms with Gasteiger partial charge in [0.05, 0.1) is 0 Å². The van der Waals surface area contributed by atoms with Crippen LogP contribution in [0.2, 0.25) is 0 Å². The minimum Gasteiger partial charge on any atom is -0.369 e. The summed E-state index contributed by atoms with van der Waals surface area (Å²) in [4.78, 5) is 10.0. The van der Waals surface area contributed by atoms with Gasteiger partial charge in [-0.25, -0.2) is 16.1 Å². The Labute approximate surface area is 56.7 Å². The fraction of sp³-hybridized carbons (Fsp3) is 0. The van der Waals surface area contributed by atoms with Crippen LogP contribution >= 0.6 is 0 Å². The number of amides is 2. The summed E-state index contributed by atoms with van der Waals surface area (Å²) in [5.74, 6) is 4.67. The van der Waals surface area contributed by atoms with Crippen LogP contribution in [0.1, 0.15) is 0 Å². The van der Waals surface area contributed by atoms with Gasteiger partial charge in [-0.2, -0.15) is 0 Å². The van der Waals surface area contributed by atoms with E-state index in [9.17, 15) is 4.79 Å². The molecule has 2 amide bonds. The Hall–Kier alpha value is -1.70. The molecule has 0 spiro atoms. The Morgan fingerprint density at radius 3 is 2.20 bits per heavy atom. The quantitative estimate of drug-likeness (QED) is 0.122. The number of guanidine groups is 1. The van der Waals surface area contributed by atoms with Gasteiger partial charge in [-0.15, -0.1) is 10.3 Å². The molecule has 0 bridgehead atoms. The van der Waals surface area contributed by atoms with Gasteiger partial charge in [0, 0.05) is 0 Å². The van der Waals surface area contributed by atoms with Crippen LogP contribution < -0.4 is 28.5 Å². The summed E-state index contributed by atoms with van der Waals surface area (Å²) >= 11 is 0. The van der Waals surface area contributed by atoms with Crippen LogP contribution in [-0.4, -0.2) is 17.2 Å². The molecule has 8 nitrogen and oxygen atoms in total. The first kappa shape index (κ1) is 8.30. The second-order valence-electron chi connectivity index (χ2n) is 1.35. The lowest BCUT2D eigenvalue weighted by molar-refractivity contribution is 0.190. The third-order valence-electron chi connectivity index (χ3n) is 0.448. The van der Waals surface area contributed by atoms with E-state index in [1.165, 1.54) is 0 Å². The lowest BCUT2D eigenvalue weighted by atomic mass is 11.1. The van der Waals surface area contributed by atoms with E-state index in [1.54, 1.807) is 0 Å². The molecule has 0 aliphatic carbocycles. The average molecular weight is 147 g/mol. The number of hydrazone groups is 1. The monoisotopic (exact) mass is 147 g/mol. The van der Waals surface area contributed by atoms with E-state index < -0.39 is 6.03 Å². The van der Waals surface area contributed by atoms with Gasteiger partial charge < -0.3 is 17.2 Å². The van der Waals surface area contributed by atoms with Crippen molar-refractivity contribution in [3.63, 3.8) is 0 Å². The Morgan fingerprint density at radius 1 is 1.40 bits per heavy atom. The van der Waals surface area contributed by atoms with Crippen LogP contribution in [0.5, 0.6) is 0 Å². The standard InChI is InChI=1S/C2H9N7O/c3-1(4)7-9(6)8-2(5)10/h6H2,(H4,3,4,7)(H3,5,8,10). The largest absolute Gasteiger partial charge is 0.369 e. The molecule has 0 fully saturated rings. The van der Waals surface area contributed by atoms with Gasteiger partial charge in [0.2, 0.25) is 5.96 Å². The summed E-state index contributed by atoms with van der Waals surface area (Å²) in [6, 6.07) is -0.854. The number of nitrogens with one attached hydrogen (secondary N) is 1. The Morgan fingerprint density at radius 2 is 1.90 bits per heavy atom. The van der Waals surface area contributed by atoms with Crippen LogP contribution in [0, 0.1) is 0 Å². The van der Waals surface area contributed by atoms with Crippen LogP contribution in [-0.2, 0) is 0 Å². The zero-order valence-electron chi connectivity index (χ0n) is 5.11. The highest BCUT2D eigenvalue weighted by Gasteiger charge is 1.94. The molecule has 0 aromatic heterocycles. The number of urea groups is 1. The highest BCUT2D eigenvalue weighted by atomic mass is 16.2. The minimum absolute atomic E-state index is 0.281. The molecule has 0 rings (SSSR count). The molecule has 8 heteroatoms. The first-order valence-corrected chi connectivity index (χ1v) is 2.23. The van der Waals surface area contributed by atoms with Gasteiger partial charge in [0.15, 0.2) is 0 Å². The van der Waals surface area contributed by atoms with Gasteiger partial charge in [-0.3, -0.25) is 0 Å². The van der Waals surface area contributed by atoms with Gasteiger partial charge in [0.1, 0.15) is 0 Å². The van der Waals surface area contributed by atoms with Crippen molar-refractivity contribution < 1.29 is 4.79 Å². The van der Waals surface area contributed by atoms with Crippen LogP contribution in [0.3, 0.4) is 0 Å². The predicted molar refractivity (Wildman–Crippen MR) is 34.6 cm³/mol. The summed E-state index contributed by atoms with van der Waals surface area (Å²) in [5, 5.41) is 3.70. The number of carbonyl (C=O) groups is 1. The number of nitrogens with two attached hydrogens (primary N) is 4. The van der Waals surface area contributed by atoms with E-state index in [0.29, 0.717) is 5.23 Å². The summed E-state index contributed by atoms with van der Waals surface area (Å²) in [5.41, 5.74) is 16.3. The fourth-order valence-electron chi connectivity index (χ4n) is 0.262. The third kappa shape index (κ3) is 4.46. The molecule has 0 saturated heterocycles. The van der Waals surface area contributed by atoms with E-state index in [4.69, 9.17) is 17.3 Å². The second-order valence-corrected chi connectivity index (χ2v) is 1.35. The SMILES string of the molecule is NC(=O)NN(N)N=C(N)N. The van der Waals surface area contributed by atoms with Crippen LogP contribution in [0.25, 0.3) is 0 Å². The lowest BCUT2D eigenvalue weighted by Crippen LogP contribution is -2.47. The van der Waals surface area contributed by atoms with E-state index in [1.807, 2.05) is 5.43 Å². The lowest BCUT2D eigenvalue weighted by Gasteiger charge is -2.10. The molecule has 10 heavy (non-hydrogen) atoms. The Balaban J connectivity index is 3.75. The maximum Gasteiger partial charge on any atom is 0.333 e. The number of hydrogen-bond acceptors (Lipinski definition) is 4. The zero-order chi connectivity index (χ0) is 8.15.